The Morgan fingerprint density at radius 2 is 1.65 bits per heavy atom. The van der Waals surface area contributed by atoms with Crippen molar-refractivity contribution in [1.29, 1.82) is 0 Å². The molecule has 5 heteroatoms. The lowest BCUT2D eigenvalue weighted by molar-refractivity contribution is -0.137. The second-order valence-corrected chi connectivity index (χ2v) is 8.05. The van der Waals surface area contributed by atoms with E-state index in [2.05, 4.69) is 20.8 Å². The summed E-state index contributed by atoms with van der Waals surface area (Å²) in [6, 6.07) is 6.94. The molecule has 0 saturated carbocycles. The monoisotopic (exact) mass is 298 g/mol. The van der Waals surface area contributed by atoms with Gasteiger partial charge in [0.05, 0.1) is 10.6 Å². The van der Waals surface area contributed by atoms with E-state index in [1.807, 2.05) is 12.1 Å². The van der Waals surface area contributed by atoms with Crippen LogP contribution in [0.1, 0.15) is 45.6 Å². The van der Waals surface area contributed by atoms with Crippen molar-refractivity contribution < 1.29 is 18.3 Å². The maximum atomic E-state index is 12.1. The van der Waals surface area contributed by atoms with Crippen LogP contribution in [0.5, 0.6) is 0 Å². The highest BCUT2D eigenvalue weighted by Crippen LogP contribution is 2.24. The van der Waals surface area contributed by atoms with E-state index in [0.29, 0.717) is 17.7 Å². The Morgan fingerprint density at radius 3 is 2.10 bits per heavy atom. The maximum Gasteiger partial charge on any atom is 0.303 e. The van der Waals surface area contributed by atoms with Gasteiger partial charge in [-0.15, -0.1) is 0 Å². The van der Waals surface area contributed by atoms with Crippen molar-refractivity contribution >= 4 is 15.8 Å². The number of aliphatic carboxylic acids is 1. The summed E-state index contributed by atoms with van der Waals surface area (Å²) < 4.78 is 24.2. The first-order valence-electron chi connectivity index (χ1n) is 6.68. The molecule has 0 bridgehead atoms. The molecule has 0 saturated heterocycles. The summed E-state index contributed by atoms with van der Waals surface area (Å²) in [5.41, 5.74) is 1.08. The quantitative estimate of drug-likeness (QED) is 0.819. The average Bonchev–Trinajstić information content (AvgIpc) is 2.34. The highest BCUT2D eigenvalue weighted by atomic mass is 32.2. The third-order valence-corrected chi connectivity index (χ3v) is 4.95. The molecule has 20 heavy (non-hydrogen) atoms. The van der Waals surface area contributed by atoms with E-state index < -0.39 is 15.8 Å². The van der Waals surface area contributed by atoms with Gasteiger partial charge in [0.15, 0.2) is 9.84 Å². The van der Waals surface area contributed by atoms with Crippen LogP contribution in [0.2, 0.25) is 0 Å². The lowest BCUT2D eigenvalue weighted by Crippen LogP contribution is -2.12. The Balaban J connectivity index is 2.71. The first-order valence-corrected chi connectivity index (χ1v) is 8.33. The molecule has 1 rings (SSSR count). The molecule has 0 spiro atoms. The van der Waals surface area contributed by atoms with Gasteiger partial charge in [-0.1, -0.05) is 32.9 Å². The zero-order valence-electron chi connectivity index (χ0n) is 12.2. The lowest BCUT2D eigenvalue weighted by atomic mass is 9.87. The zero-order valence-corrected chi connectivity index (χ0v) is 13.0. The molecule has 0 heterocycles. The molecule has 1 aromatic rings. The fraction of sp³-hybridized carbons (Fsp3) is 0.533. The van der Waals surface area contributed by atoms with Crippen LogP contribution in [0.25, 0.3) is 0 Å². The third kappa shape index (κ3) is 4.96. The third-order valence-electron chi connectivity index (χ3n) is 3.13. The number of carboxylic acid groups (broad SMARTS) is 1. The minimum Gasteiger partial charge on any atom is -0.481 e. The van der Waals surface area contributed by atoms with Gasteiger partial charge in [0.25, 0.3) is 0 Å². The average molecular weight is 298 g/mol. The van der Waals surface area contributed by atoms with Gasteiger partial charge in [-0.2, -0.15) is 0 Å². The highest BCUT2D eigenvalue weighted by Gasteiger charge is 2.17. The Hall–Kier alpha value is -1.36. The molecular weight excluding hydrogens is 276 g/mol. The molecular formula is C15H22O4S. The first-order chi connectivity index (χ1) is 9.13. The fourth-order valence-electron chi connectivity index (χ4n) is 1.85. The minimum absolute atomic E-state index is 0.00482. The molecule has 0 fully saturated rings. The molecule has 1 aromatic carbocycles. The second kappa shape index (κ2) is 6.39. The Kier molecular flexibility index (Phi) is 5.34. The van der Waals surface area contributed by atoms with Gasteiger partial charge in [0, 0.05) is 6.42 Å². The van der Waals surface area contributed by atoms with Crippen LogP contribution in [0.4, 0.5) is 0 Å². The van der Waals surface area contributed by atoms with Crippen molar-refractivity contribution in [3.63, 3.8) is 0 Å². The Labute approximate surface area is 120 Å². The van der Waals surface area contributed by atoms with Crippen LogP contribution in [-0.4, -0.2) is 25.2 Å². The Morgan fingerprint density at radius 1 is 1.10 bits per heavy atom. The van der Waals surface area contributed by atoms with Crippen LogP contribution in [0, 0.1) is 0 Å². The van der Waals surface area contributed by atoms with Crippen LogP contribution in [0.15, 0.2) is 29.2 Å². The normalized spacial score (nSPS) is 12.3. The highest BCUT2D eigenvalue weighted by molar-refractivity contribution is 7.91. The number of hydrogen-bond donors (Lipinski definition) is 1. The van der Waals surface area contributed by atoms with E-state index in [9.17, 15) is 13.2 Å². The summed E-state index contributed by atoms with van der Waals surface area (Å²) in [7, 11) is -3.31. The van der Waals surface area contributed by atoms with Gasteiger partial charge in [-0.3, -0.25) is 4.79 Å². The van der Waals surface area contributed by atoms with Gasteiger partial charge < -0.3 is 5.11 Å². The number of carbonyl (C=O) groups is 1. The number of unbranched alkanes of at least 4 members (excludes halogenated alkanes) is 1. The van der Waals surface area contributed by atoms with Crippen molar-refractivity contribution in [3.8, 4) is 0 Å². The van der Waals surface area contributed by atoms with Gasteiger partial charge in [-0.25, -0.2) is 8.42 Å². The van der Waals surface area contributed by atoms with Crippen LogP contribution in [0.3, 0.4) is 0 Å². The zero-order chi connectivity index (χ0) is 15.4. The number of hydrogen-bond acceptors (Lipinski definition) is 3. The smallest absolute Gasteiger partial charge is 0.303 e. The molecule has 0 aliphatic rings. The van der Waals surface area contributed by atoms with E-state index in [1.54, 1.807) is 12.1 Å². The van der Waals surface area contributed by atoms with Gasteiger partial charge in [-0.05, 0) is 36.0 Å². The molecule has 0 aliphatic carbocycles. The molecule has 0 radical (unpaired) electrons. The number of benzene rings is 1. The summed E-state index contributed by atoms with van der Waals surface area (Å²) >= 11 is 0. The molecule has 112 valence electrons. The summed E-state index contributed by atoms with van der Waals surface area (Å²) in [5, 5.41) is 8.52. The topological polar surface area (TPSA) is 71.4 Å². The van der Waals surface area contributed by atoms with Crippen molar-refractivity contribution in [2.45, 2.75) is 50.3 Å². The minimum atomic E-state index is -3.31. The van der Waals surface area contributed by atoms with Crippen molar-refractivity contribution in [2.75, 3.05) is 5.75 Å². The fourth-order valence-corrected chi connectivity index (χ4v) is 3.22. The summed E-state index contributed by atoms with van der Waals surface area (Å²) in [5.74, 6) is -0.897. The van der Waals surface area contributed by atoms with Crippen LogP contribution >= 0.6 is 0 Å². The number of carboxylic acids is 1. The van der Waals surface area contributed by atoms with Crippen LogP contribution in [-0.2, 0) is 20.0 Å². The molecule has 4 nitrogen and oxygen atoms in total. The van der Waals surface area contributed by atoms with Gasteiger partial charge >= 0.3 is 5.97 Å². The van der Waals surface area contributed by atoms with Crippen molar-refractivity contribution in [2.24, 2.45) is 0 Å². The van der Waals surface area contributed by atoms with Crippen molar-refractivity contribution in [1.82, 2.24) is 0 Å². The predicted molar refractivity (Wildman–Crippen MR) is 78.7 cm³/mol. The standard InChI is InChI=1S/C15H22O4S/c1-15(2,3)12-7-9-13(10-8-12)20(18,19)11-5-4-6-14(16)17/h7-10H,4-6,11H2,1-3H3,(H,16,17). The SMILES string of the molecule is CC(C)(C)c1ccc(S(=O)(=O)CCCCC(=O)O)cc1. The van der Waals surface area contributed by atoms with E-state index >= 15 is 0 Å². The molecule has 0 amide bonds. The van der Waals surface area contributed by atoms with Crippen LogP contribution < -0.4 is 0 Å². The van der Waals surface area contributed by atoms with E-state index in [4.69, 9.17) is 5.11 Å². The summed E-state index contributed by atoms with van der Waals surface area (Å²) in [6.07, 6.45) is 0.767. The Bertz CT molecular complexity index is 551. The molecule has 1 N–H and O–H groups in total. The van der Waals surface area contributed by atoms with E-state index in [-0.39, 0.29) is 17.6 Å². The predicted octanol–water partition coefficient (Wildman–Crippen LogP) is 3.01. The number of rotatable bonds is 6. The largest absolute Gasteiger partial charge is 0.481 e. The maximum absolute atomic E-state index is 12.1. The van der Waals surface area contributed by atoms with Crippen molar-refractivity contribution in [3.05, 3.63) is 29.8 Å². The van der Waals surface area contributed by atoms with E-state index in [1.165, 1.54) is 0 Å². The molecule has 0 aromatic heterocycles. The molecule has 0 unspecified atom stereocenters. The summed E-state index contributed by atoms with van der Waals surface area (Å²) in [4.78, 5) is 10.7. The first kappa shape index (κ1) is 16.7. The molecule has 0 atom stereocenters. The number of sulfone groups is 1. The van der Waals surface area contributed by atoms with E-state index in [0.717, 1.165) is 5.56 Å². The second-order valence-electron chi connectivity index (χ2n) is 5.94. The summed E-state index contributed by atoms with van der Waals surface area (Å²) in [6.45, 7) is 6.22. The lowest BCUT2D eigenvalue weighted by Gasteiger charge is -2.19. The van der Waals surface area contributed by atoms with Gasteiger partial charge in [0.1, 0.15) is 0 Å². The van der Waals surface area contributed by atoms with Gasteiger partial charge in [0.2, 0.25) is 0 Å². The molecule has 0 aliphatic heterocycles.